The lowest BCUT2D eigenvalue weighted by Gasteiger charge is -2.53. The summed E-state index contributed by atoms with van der Waals surface area (Å²) in [4.78, 5) is 12.2. The number of hydrogen-bond acceptors (Lipinski definition) is 2. The van der Waals surface area contributed by atoms with Gasteiger partial charge in [-0.25, -0.2) is 0 Å². The van der Waals surface area contributed by atoms with Gasteiger partial charge in [-0.3, -0.25) is 4.79 Å². The molecule has 4 aliphatic carbocycles. The van der Waals surface area contributed by atoms with Crippen molar-refractivity contribution in [2.24, 2.45) is 29.6 Å². The Morgan fingerprint density at radius 2 is 1.71 bits per heavy atom. The van der Waals surface area contributed by atoms with Crippen molar-refractivity contribution in [1.29, 1.82) is 5.26 Å². The van der Waals surface area contributed by atoms with E-state index in [1.807, 2.05) is 0 Å². The molecule has 0 aromatic carbocycles. The van der Waals surface area contributed by atoms with Crippen LogP contribution in [0.25, 0.3) is 0 Å². The minimum atomic E-state index is 0.231. The molecule has 0 unspecified atom stereocenters. The zero-order valence-electron chi connectivity index (χ0n) is 10.2. The molecule has 1 N–H and O–H groups in total. The second-order valence-electron chi connectivity index (χ2n) is 6.16. The third kappa shape index (κ3) is 1.94. The highest BCUT2D eigenvalue weighted by atomic mass is 16.1. The predicted octanol–water partition coefficient (Wildman–Crippen LogP) is 2.09. The molecule has 0 atom stereocenters. The van der Waals surface area contributed by atoms with E-state index in [9.17, 15) is 4.79 Å². The molecule has 0 aliphatic heterocycles. The molecule has 4 bridgehead atoms. The number of carbonyl (C=O) groups is 1. The Balaban J connectivity index is 1.64. The van der Waals surface area contributed by atoms with Crippen molar-refractivity contribution >= 4 is 5.91 Å². The summed E-state index contributed by atoms with van der Waals surface area (Å²) in [7, 11) is 0. The van der Waals surface area contributed by atoms with Gasteiger partial charge >= 0.3 is 0 Å². The average molecular weight is 232 g/mol. The third-order valence-electron chi connectivity index (χ3n) is 5.07. The van der Waals surface area contributed by atoms with Crippen LogP contribution in [0.4, 0.5) is 0 Å². The van der Waals surface area contributed by atoms with Crippen LogP contribution in [0.3, 0.4) is 0 Å². The lowest BCUT2D eigenvalue weighted by molar-refractivity contribution is -0.138. The number of nitrogens with one attached hydrogen (secondary N) is 1. The van der Waals surface area contributed by atoms with Crippen LogP contribution in [0.2, 0.25) is 0 Å². The van der Waals surface area contributed by atoms with E-state index in [0.29, 0.717) is 24.8 Å². The SMILES string of the molecule is N#CCCNC(=O)C1C2CC3CC(C2)CC1C3. The maximum absolute atomic E-state index is 12.2. The van der Waals surface area contributed by atoms with Gasteiger partial charge in [0.2, 0.25) is 5.91 Å². The molecule has 92 valence electrons. The summed E-state index contributed by atoms with van der Waals surface area (Å²) in [5.74, 6) is 3.62. The minimum Gasteiger partial charge on any atom is -0.355 e. The Kier molecular flexibility index (Phi) is 2.82. The number of nitriles is 1. The van der Waals surface area contributed by atoms with Crippen molar-refractivity contribution in [3.63, 3.8) is 0 Å². The number of carbonyl (C=O) groups excluding carboxylic acids is 1. The molecule has 0 heterocycles. The highest BCUT2D eigenvalue weighted by Gasteiger charge is 2.50. The first-order valence-electron chi connectivity index (χ1n) is 6.92. The topological polar surface area (TPSA) is 52.9 Å². The van der Waals surface area contributed by atoms with E-state index in [-0.39, 0.29) is 11.8 Å². The number of hydrogen-bond donors (Lipinski definition) is 1. The van der Waals surface area contributed by atoms with E-state index in [4.69, 9.17) is 5.26 Å². The first kappa shape index (κ1) is 11.1. The van der Waals surface area contributed by atoms with E-state index >= 15 is 0 Å². The van der Waals surface area contributed by atoms with Crippen molar-refractivity contribution in [3.8, 4) is 6.07 Å². The first-order chi connectivity index (χ1) is 8.28. The largest absolute Gasteiger partial charge is 0.355 e. The predicted molar refractivity (Wildman–Crippen MR) is 63.8 cm³/mol. The Bertz CT molecular complexity index is 330. The molecule has 3 heteroatoms. The summed E-state index contributed by atoms with van der Waals surface area (Å²) in [6, 6.07) is 2.08. The Labute approximate surface area is 103 Å². The fourth-order valence-corrected chi connectivity index (χ4v) is 4.71. The van der Waals surface area contributed by atoms with Gasteiger partial charge < -0.3 is 5.32 Å². The van der Waals surface area contributed by atoms with Crippen LogP contribution in [0, 0.1) is 40.9 Å². The summed E-state index contributed by atoms with van der Waals surface area (Å²) in [6.45, 7) is 0.526. The monoisotopic (exact) mass is 232 g/mol. The molecule has 0 spiro atoms. The summed E-state index contributed by atoms with van der Waals surface area (Å²) in [5.41, 5.74) is 0. The number of amides is 1. The lowest BCUT2D eigenvalue weighted by atomic mass is 9.51. The Hall–Kier alpha value is -1.04. The summed E-state index contributed by atoms with van der Waals surface area (Å²) in [5, 5.41) is 11.4. The third-order valence-corrected chi connectivity index (χ3v) is 5.07. The molecule has 4 rings (SSSR count). The zero-order valence-corrected chi connectivity index (χ0v) is 10.2. The molecule has 17 heavy (non-hydrogen) atoms. The normalized spacial score (nSPS) is 42.2. The zero-order chi connectivity index (χ0) is 11.8. The van der Waals surface area contributed by atoms with E-state index in [0.717, 1.165) is 11.8 Å². The highest BCUT2D eigenvalue weighted by Crippen LogP contribution is 2.56. The van der Waals surface area contributed by atoms with Gasteiger partial charge in [0.05, 0.1) is 12.5 Å². The van der Waals surface area contributed by atoms with Crippen molar-refractivity contribution in [3.05, 3.63) is 0 Å². The smallest absolute Gasteiger partial charge is 0.223 e. The van der Waals surface area contributed by atoms with Gasteiger partial charge in [-0.05, 0) is 55.8 Å². The van der Waals surface area contributed by atoms with Gasteiger partial charge in [0.1, 0.15) is 0 Å². The van der Waals surface area contributed by atoms with Crippen LogP contribution < -0.4 is 5.32 Å². The van der Waals surface area contributed by atoms with Crippen molar-refractivity contribution in [1.82, 2.24) is 5.32 Å². The van der Waals surface area contributed by atoms with Crippen molar-refractivity contribution in [2.45, 2.75) is 38.5 Å². The van der Waals surface area contributed by atoms with E-state index in [1.165, 1.54) is 32.1 Å². The minimum absolute atomic E-state index is 0.231. The van der Waals surface area contributed by atoms with Crippen molar-refractivity contribution < 1.29 is 4.79 Å². The molecular formula is C14H20N2O. The molecule has 0 aromatic rings. The van der Waals surface area contributed by atoms with E-state index in [2.05, 4.69) is 11.4 Å². The van der Waals surface area contributed by atoms with E-state index < -0.39 is 0 Å². The first-order valence-corrected chi connectivity index (χ1v) is 6.92. The number of nitrogens with zero attached hydrogens (tertiary/aromatic N) is 1. The summed E-state index contributed by atoms with van der Waals surface area (Å²) >= 11 is 0. The standard InChI is InChI=1S/C14H20N2O/c15-2-1-3-16-14(17)13-11-5-9-4-10(7-11)8-12(13)6-9/h9-13H,1,3-8H2,(H,16,17). The quantitative estimate of drug-likeness (QED) is 0.757. The van der Waals surface area contributed by atoms with Crippen molar-refractivity contribution in [2.75, 3.05) is 6.54 Å². The molecule has 4 saturated carbocycles. The average Bonchev–Trinajstić information content (AvgIpc) is 2.27. The molecule has 4 aliphatic rings. The van der Waals surface area contributed by atoms with Crippen LogP contribution >= 0.6 is 0 Å². The van der Waals surface area contributed by atoms with Crippen LogP contribution in [0.15, 0.2) is 0 Å². The molecule has 0 saturated heterocycles. The van der Waals surface area contributed by atoms with Gasteiger partial charge in [-0.15, -0.1) is 0 Å². The van der Waals surface area contributed by atoms with Gasteiger partial charge in [-0.2, -0.15) is 5.26 Å². The molecule has 3 nitrogen and oxygen atoms in total. The fourth-order valence-electron chi connectivity index (χ4n) is 4.71. The molecular weight excluding hydrogens is 212 g/mol. The van der Waals surface area contributed by atoms with Gasteiger partial charge in [0.25, 0.3) is 0 Å². The summed E-state index contributed by atoms with van der Waals surface area (Å²) in [6.07, 6.45) is 6.98. The number of rotatable bonds is 3. The molecule has 1 amide bonds. The van der Waals surface area contributed by atoms with Crippen LogP contribution in [-0.4, -0.2) is 12.5 Å². The maximum Gasteiger partial charge on any atom is 0.223 e. The van der Waals surface area contributed by atoms with Gasteiger partial charge in [0, 0.05) is 12.5 Å². The van der Waals surface area contributed by atoms with Gasteiger partial charge in [-0.1, -0.05) is 0 Å². The van der Waals surface area contributed by atoms with Crippen LogP contribution in [0.5, 0.6) is 0 Å². The highest BCUT2D eigenvalue weighted by molar-refractivity contribution is 5.79. The van der Waals surface area contributed by atoms with Crippen LogP contribution in [-0.2, 0) is 4.79 Å². The maximum atomic E-state index is 12.2. The van der Waals surface area contributed by atoms with Crippen LogP contribution in [0.1, 0.15) is 38.5 Å². The van der Waals surface area contributed by atoms with E-state index in [1.54, 1.807) is 0 Å². The molecule has 0 aromatic heterocycles. The lowest BCUT2D eigenvalue weighted by Crippen LogP contribution is -2.51. The molecule has 0 radical (unpaired) electrons. The Morgan fingerprint density at radius 3 is 2.24 bits per heavy atom. The second-order valence-corrected chi connectivity index (χ2v) is 6.16. The Morgan fingerprint density at radius 1 is 1.12 bits per heavy atom. The van der Waals surface area contributed by atoms with Gasteiger partial charge in [0.15, 0.2) is 0 Å². The summed E-state index contributed by atoms with van der Waals surface area (Å²) < 4.78 is 0. The fraction of sp³-hybridized carbons (Fsp3) is 0.857. The second kappa shape index (κ2) is 4.33. The molecule has 4 fully saturated rings.